The van der Waals surface area contributed by atoms with Crippen molar-refractivity contribution in [2.45, 2.75) is 6.04 Å². The van der Waals surface area contributed by atoms with Crippen molar-refractivity contribution in [3.05, 3.63) is 58.0 Å². The molecule has 2 aromatic carbocycles. The zero-order valence-electron chi connectivity index (χ0n) is 12.1. The number of amides is 1. The average molecular weight is 331 g/mol. The van der Waals surface area contributed by atoms with Crippen LogP contribution in [-0.4, -0.2) is 15.7 Å². The van der Waals surface area contributed by atoms with Gasteiger partial charge in [0, 0.05) is 34.3 Å². The molecule has 3 aromatic rings. The zero-order chi connectivity index (χ0) is 16.3. The Hall–Kier alpha value is -2.60. The van der Waals surface area contributed by atoms with E-state index in [9.17, 15) is 9.18 Å². The van der Waals surface area contributed by atoms with Gasteiger partial charge in [-0.15, -0.1) is 0 Å². The van der Waals surface area contributed by atoms with Crippen LogP contribution in [0.25, 0.3) is 10.9 Å². The van der Waals surface area contributed by atoms with Gasteiger partial charge in [0.25, 0.3) is 5.91 Å². The molecule has 1 aromatic heterocycles. The SMILES string of the molecule is Cn1ncc2c3c(c(N)cc21)C(c1cc(F)ccc1Cl)NC3=O. The van der Waals surface area contributed by atoms with Crippen molar-refractivity contribution < 1.29 is 9.18 Å². The van der Waals surface area contributed by atoms with Crippen LogP contribution in [0.5, 0.6) is 0 Å². The van der Waals surface area contributed by atoms with Gasteiger partial charge in [0.2, 0.25) is 0 Å². The van der Waals surface area contributed by atoms with E-state index in [1.165, 1.54) is 18.2 Å². The number of carbonyl (C=O) groups is 1. The van der Waals surface area contributed by atoms with E-state index in [2.05, 4.69) is 10.4 Å². The molecule has 1 atom stereocenters. The molecule has 0 bridgehead atoms. The van der Waals surface area contributed by atoms with Crippen LogP contribution in [0, 0.1) is 5.82 Å². The van der Waals surface area contributed by atoms with Crippen LogP contribution >= 0.6 is 11.6 Å². The largest absolute Gasteiger partial charge is 0.398 e. The summed E-state index contributed by atoms with van der Waals surface area (Å²) < 4.78 is 15.3. The Bertz CT molecular complexity index is 982. The molecule has 0 spiro atoms. The zero-order valence-corrected chi connectivity index (χ0v) is 12.9. The first kappa shape index (κ1) is 14.0. The van der Waals surface area contributed by atoms with E-state index in [0.717, 1.165) is 5.52 Å². The van der Waals surface area contributed by atoms with E-state index in [4.69, 9.17) is 17.3 Å². The predicted molar refractivity (Wildman–Crippen MR) is 85.8 cm³/mol. The summed E-state index contributed by atoms with van der Waals surface area (Å²) in [6.07, 6.45) is 1.63. The number of rotatable bonds is 1. The predicted octanol–water partition coefficient (Wildman–Crippen LogP) is 2.78. The smallest absolute Gasteiger partial charge is 0.253 e. The summed E-state index contributed by atoms with van der Waals surface area (Å²) in [5.41, 5.74) is 8.95. The maximum absolute atomic E-state index is 13.6. The van der Waals surface area contributed by atoms with Gasteiger partial charge < -0.3 is 11.1 Å². The summed E-state index contributed by atoms with van der Waals surface area (Å²) >= 11 is 6.19. The highest BCUT2D eigenvalue weighted by Crippen LogP contribution is 2.41. The van der Waals surface area contributed by atoms with Crippen LogP contribution in [-0.2, 0) is 7.05 Å². The van der Waals surface area contributed by atoms with E-state index < -0.39 is 11.9 Å². The second-order valence-corrected chi connectivity index (χ2v) is 5.93. The van der Waals surface area contributed by atoms with Gasteiger partial charge in [-0.2, -0.15) is 5.10 Å². The van der Waals surface area contributed by atoms with Gasteiger partial charge in [-0.3, -0.25) is 9.48 Å². The lowest BCUT2D eigenvalue weighted by atomic mass is 9.94. The first-order valence-electron chi connectivity index (χ1n) is 6.97. The van der Waals surface area contributed by atoms with Crippen LogP contribution in [0.4, 0.5) is 10.1 Å². The fourth-order valence-electron chi connectivity index (χ4n) is 3.13. The number of halogens is 2. The van der Waals surface area contributed by atoms with Gasteiger partial charge in [-0.1, -0.05) is 11.6 Å². The molecule has 4 rings (SSSR count). The molecule has 3 N–H and O–H groups in total. The summed E-state index contributed by atoms with van der Waals surface area (Å²) in [7, 11) is 1.78. The number of nitrogen functional groups attached to an aromatic ring is 1. The quantitative estimate of drug-likeness (QED) is 0.674. The molecule has 0 aliphatic carbocycles. The number of anilines is 1. The Morgan fingerprint density at radius 3 is 2.96 bits per heavy atom. The Morgan fingerprint density at radius 1 is 1.39 bits per heavy atom. The summed E-state index contributed by atoms with van der Waals surface area (Å²) in [5.74, 6) is -0.691. The van der Waals surface area contributed by atoms with Crippen LogP contribution in [0.1, 0.15) is 27.5 Å². The standard InChI is InChI=1S/C16H12ClFN4O/c1-22-12-5-11(19)14-13(9(12)6-20-22)16(23)21-15(14)8-4-7(18)2-3-10(8)17/h2-6,15H,19H2,1H3,(H,21,23). The van der Waals surface area contributed by atoms with Gasteiger partial charge in [0.1, 0.15) is 5.82 Å². The van der Waals surface area contributed by atoms with Crippen molar-refractivity contribution in [2.75, 3.05) is 5.73 Å². The third kappa shape index (κ3) is 1.91. The number of nitrogens with zero attached hydrogens (tertiary/aromatic N) is 2. The summed E-state index contributed by atoms with van der Waals surface area (Å²) in [5, 5.41) is 8.09. The number of hydrogen-bond donors (Lipinski definition) is 2. The molecular weight excluding hydrogens is 319 g/mol. The molecule has 1 aliphatic heterocycles. The van der Waals surface area contributed by atoms with Crippen molar-refractivity contribution in [1.82, 2.24) is 15.1 Å². The van der Waals surface area contributed by atoms with Crippen LogP contribution < -0.4 is 11.1 Å². The highest BCUT2D eigenvalue weighted by atomic mass is 35.5. The molecule has 5 nitrogen and oxygen atoms in total. The van der Waals surface area contributed by atoms with Gasteiger partial charge in [0.15, 0.2) is 0 Å². The van der Waals surface area contributed by atoms with E-state index >= 15 is 0 Å². The van der Waals surface area contributed by atoms with Gasteiger partial charge in [-0.05, 0) is 24.3 Å². The minimum absolute atomic E-state index is 0.268. The fourth-order valence-corrected chi connectivity index (χ4v) is 3.35. The maximum Gasteiger partial charge on any atom is 0.253 e. The summed E-state index contributed by atoms with van der Waals surface area (Å²) in [4.78, 5) is 12.5. The third-order valence-electron chi connectivity index (χ3n) is 4.19. The molecule has 2 heterocycles. The van der Waals surface area contributed by atoms with Crippen LogP contribution in [0.15, 0.2) is 30.5 Å². The molecule has 116 valence electrons. The molecule has 0 radical (unpaired) electrons. The molecular formula is C16H12ClFN4O. The fraction of sp³-hybridized carbons (Fsp3) is 0.125. The Labute approximate surface area is 135 Å². The third-order valence-corrected chi connectivity index (χ3v) is 4.53. The molecule has 0 fully saturated rings. The minimum Gasteiger partial charge on any atom is -0.398 e. The lowest BCUT2D eigenvalue weighted by molar-refractivity contribution is 0.0962. The maximum atomic E-state index is 13.6. The molecule has 1 aliphatic rings. The minimum atomic E-state index is -0.578. The number of carbonyl (C=O) groups excluding carboxylic acids is 1. The Kier molecular flexibility index (Phi) is 2.86. The molecule has 0 saturated carbocycles. The molecule has 23 heavy (non-hydrogen) atoms. The van der Waals surface area contributed by atoms with E-state index in [1.54, 1.807) is 24.0 Å². The number of benzene rings is 2. The van der Waals surface area contributed by atoms with Crippen molar-refractivity contribution in [2.24, 2.45) is 7.05 Å². The number of nitrogens with two attached hydrogens (primary N) is 1. The highest BCUT2D eigenvalue weighted by molar-refractivity contribution is 6.31. The van der Waals surface area contributed by atoms with Crippen molar-refractivity contribution in [3.63, 3.8) is 0 Å². The van der Waals surface area contributed by atoms with Gasteiger partial charge in [-0.25, -0.2) is 4.39 Å². The Balaban J connectivity index is 2.02. The monoisotopic (exact) mass is 330 g/mol. The van der Waals surface area contributed by atoms with Crippen LogP contribution in [0.2, 0.25) is 5.02 Å². The average Bonchev–Trinajstić information content (AvgIpc) is 3.04. The number of aryl methyl sites for hydroxylation is 1. The van der Waals surface area contributed by atoms with Crippen LogP contribution in [0.3, 0.4) is 0 Å². The summed E-state index contributed by atoms with van der Waals surface area (Å²) in [6.45, 7) is 0. The van der Waals surface area contributed by atoms with Gasteiger partial charge in [0.05, 0.1) is 23.3 Å². The topological polar surface area (TPSA) is 72.9 Å². The van der Waals surface area contributed by atoms with E-state index in [-0.39, 0.29) is 5.91 Å². The van der Waals surface area contributed by atoms with E-state index in [0.29, 0.717) is 32.8 Å². The number of hydrogen-bond acceptors (Lipinski definition) is 3. The molecule has 1 unspecified atom stereocenters. The van der Waals surface area contributed by atoms with Crippen molar-refractivity contribution in [1.29, 1.82) is 0 Å². The Morgan fingerprint density at radius 2 is 2.17 bits per heavy atom. The van der Waals surface area contributed by atoms with Crippen molar-refractivity contribution in [3.8, 4) is 0 Å². The van der Waals surface area contributed by atoms with E-state index in [1.807, 2.05) is 0 Å². The first-order valence-corrected chi connectivity index (χ1v) is 7.35. The number of fused-ring (bicyclic) bond motifs is 3. The summed E-state index contributed by atoms with van der Waals surface area (Å²) in [6, 6.07) is 5.24. The number of aromatic nitrogens is 2. The lowest BCUT2D eigenvalue weighted by Gasteiger charge is -2.16. The molecule has 7 heteroatoms. The van der Waals surface area contributed by atoms with Gasteiger partial charge >= 0.3 is 0 Å². The normalized spacial score (nSPS) is 16.7. The second-order valence-electron chi connectivity index (χ2n) is 5.53. The highest BCUT2D eigenvalue weighted by Gasteiger charge is 2.35. The molecule has 1 amide bonds. The number of nitrogens with one attached hydrogen (secondary N) is 1. The van der Waals surface area contributed by atoms with Crippen molar-refractivity contribution >= 4 is 34.1 Å². The second kappa shape index (κ2) is 4.70. The lowest BCUT2D eigenvalue weighted by Crippen LogP contribution is -2.20. The molecule has 0 saturated heterocycles. The first-order chi connectivity index (χ1) is 11.0.